The highest BCUT2D eigenvalue weighted by atomic mass is 19.1. The van der Waals surface area contributed by atoms with Crippen LogP contribution in [0.4, 0.5) is 4.39 Å². The van der Waals surface area contributed by atoms with Gasteiger partial charge < -0.3 is 0 Å². The van der Waals surface area contributed by atoms with Gasteiger partial charge in [-0.2, -0.15) is 0 Å². The SMILES string of the molecule is CCCCC(C)C(F)CC. The summed E-state index contributed by atoms with van der Waals surface area (Å²) in [5.41, 5.74) is 0. The molecule has 0 N–H and O–H groups in total. The zero-order valence-corrected chi connectivity index (χ0v) is 7.36. The van der Waals surface area contributed by atoms with Crippen molar-refractivity contribution in [3.8, 4) is 0 Å². The van der Waals surface area contributed by atoms with Gasteiger partial charge in [-0.15, -0.1) is 0 Å². The molecule has 2 atom stereocenters. The van der Waals surface area contributed by atoms with E-state index >= 15 is 0 Å². The summed E-state index contributed by atoms with van der Waals surface area (Å²) in [6, 6.07) is 0. The highest BCUT2D eigenvalue weighted by molar-refractivity contribution is 4.62. The standard InChI is InChI=1S/C9H19F/c1-4-6-7-8(3)9(10)5-2/h8-9H,4-7H2,1-3H3. The Kier molecular flexibility index (Phi) is 5.66. The zero-order valence-electron chi connectivity index (χ0n) is 7.36. The average Bonchev–Trinajstić information content (AvgIpc) is 1.98. The van der Waals surface area contributed by atoms with Gasteiger partial charge in [-0.3, -0.25) is 0 Å². The first-order valence-corrected chi connectivity index (χ1v) is 4.36. The third kappa shape index (κ3) is 3.86. The molecule has 0 saturated heterocycles. The molecule has 0 radical (unpaired) electrons. The minimum absolute atomic E-state index is 0.268. The summed E-state index contributed by atoms with van der Waals surface area (Å²) < 4.78 is 12.8. The summed E-state index contributed by atoms with van der Waals surface area (Å²) in [7, 11) is 0. The van der Waals surface area contributed by atoms with Crippen molar-refractivity contribution in [2.24, 2.45) is 5.92 Å². The van der Waals surface area contributed by atoms with Gasteiger partial charge in [-0.05, 0) is 18.8 Å². The maximum Gasteiger partial charge on any atom is 0.102 e. The molecule has 0 aliphatic carbocycles. The summed E-state index contributed by atoms with van der Waals surface area (Å²) in [5.74, 6) is 0.268. The third-order valence-corrected chi connectivity index (χ3v) is 2.02. The monoisotopic (exact) mass is 146 g/mol. The molecule has 0 aliphatic rings. The van der Waals surface area contributed by atoms with E-state index in [1.165, 1.54) is 12.8 Å². The predicted octanol–water partition coefficient (Wildman–Crippen LogP) is 3.56. The molecular weight excluding hydrogens is 127 g/mol. The molecule has 10 heavy (non-hydrogen) atoms. The lowest BCUT2D eigenvalue weighted by atomic mass is 9.98. The van der Waals surface area contributed by atoms with E-state index in [-0.39, 0.29) is 5.92 Å². The normalized spacial score (nSPS) is 16.8. The van der Waals surface area contributed by atoms with E-state index in [1.807, 2.05) is 13.8 Å². The second-order valence-electron chi connectivity index (χ2n) is 3.04. The first-order valence-electron chi connectivity index (χ1n) is 4.36. The fraction of sp³-hybridized carbons (Fsp3) is 1.00. The summed E-state index contributed by atoms with van der Waals surface area (Å²) >= 11 is 0. The summed E-state index contributed by atoms with van der Waals surface area (Å²) in [4.78, 5) is 0. The van der Waals surface area contributed by atoms with Crippen LogP contribution in [0, 0.1) is 5.92 Å². The van der Waals surface area contributed by atoms with Crippen molar-refractivity contribution in [1.29, 1.82) is 0 Å². The van der Waals surface area contributed by atoms with Crippen molar-refractivity contribution in [2.45, 2.75) is 52.6 Å². The molecule has 0 fully saturated rings. The molecule has 1 heteroatoms. The molecule has 0 bridgehead atoms. The average molecular weight is 146 g/mol. The quantitative estimate of drug-likeness (QED) is 0.556. The Morgan fingerprint density at radius 2 is 1.90 bits per heavy atom. The fourth-order valence-corrected chi connectivity index (χ4v) is 1.11. The molecule has 0 heterocycles. The van der Waals surface area contributed by atoms with E-state index in [2.05, 4.69) is 6.92 Å². The topological polar surface area (TPSA) is 0 Å². The van der Waals surface area contributed by atoms with Crippen LogP contribution in [-0.4, -0.2) is 6.17 Å². The second kappa shape index (κ2) is 5.70. The molecule has 0 aromatic heterocycles. The number of unbranched alkanes of at least 4 members (excludes halogenated alkanes) is 1. The first-order chi connectivity index (χ1) is 4.72. The molecule has 0 aromatic rings. The first kappa shape index (κ1) is 9.93. The van der Waals surface area contributed by atoms with Gasteiger partial charge in [0.15, 0.2) is 0 Å². The van der Waals surface area contributed by atoms with Gasteiger partial charge in [0, 0.05) is 0 Å². The third-order valence-electron chi connectivity index (χ3n) is 2.02. The van der Waals surface area contributed by atoms with Gasteiger partial charge in [-0.1, -0.05) is 33.6 Å². The zero-order chi connectivity index (χ0) is 7.98. The summed E-state index contributed by atoms with van der Waals surface area (Å²) in [6.45, 7) is 6.06. The molecule has 0 saturated carbocycles. The van der Waals surface area contributed by atoms with Gasteiger partial charge in [0.1, 0.15) is 6.17 Å². The van der Waals surface area contributed by atoms with Crippen LogP contribution in [0.25, 0.3) is 0 Å². The van der Waals surface area contributed by atoms with Gasteiger partial charge in [0.25, 0.3) is 0 Å². The number of halogens is 1. The largest absolute Gasteiger partial charge is 0.247 e. The summed E-state index contributed by atoms with van der Waals surface area (Å²) in [6.07, 6.45) is 3.49. The van der Waals surface area contributed by atoms with Crippen LogP contribution in [0.1, 0.15) is 46.5 Å². The van der Waals surface area contributed by atoms with E-state index in [9.17, 15) is 4.39 Å². The van der Waals surface area contributed by atoms with E-state index in [4.69, 9.17) is 0 Å². The molecule has 62 valence electrons. The fourth-order valence-electron chi connectivity index (χ4n) is 1.11. The molecule has 0 aromatic carbocycles. The molecule has 0 rings (SSSR count). The van der Waals surface area contributed by atoms with Crippen LogP contribution in [0.5, 0.6) is 0 Å². The van der Waals surface area contributed by atoms with Crippen LogP contribution < -0.4 is 0 Å². The van der Waals surface area contributed by atoms with Gasteiger partial charge in [0.2, 0.25) is 0 Å². The minimum atomic E-state index is -0.577. The Bertz CT molecular complexity index is 71.1. The van der Waals surface area contributed by atoms with Crippen molar-refractivity contribution in [3.05, 3.63) is 0 Å². The van der Waals surface area contributed by atoms with E-state index < -0.39 is 6.17 Å². The van der Waals surface area contributed by atoms with Gasteiger partial charge in [-0.25, -0.2) is 4.39 Å². The molecule has 2 unspecified atom stereocenters. The molecule has 0 nitrogen and oxygen atoms in total. The number of alkyl halides is 1. The van der Waals surface area contributed by atoms with Crippen LogP contribution in [-0.2, 0) is 0 Å². The van der Waals surface area contributed by atoms with Gasteiger partial charge in [0.05, 0.1) is 0 Å². The van der Waals surface area contributed by atoms with Gasteiger partial charge >= 0.3 is 0 Å². The predicted molar refractivity (Wildman–Crippen MR) is 43.9 cm³/mol. The maximum absolute atomic E-state index is 12.8. The lowest BCUT2D eigenvalue weighted by Crippen LogP contribution is -2.10. The smallest absolute Gasteiger partial charge is 0.102 e. The van der Waals surface area contributed by atoms with Crippen molar-refractivity contribution < 1.29 is 4.39 Å². The second-order valence-corrected chi connectivity index (χ2v) is 3.04. The van der Waals surface area contributed by atoms with Crippen LogP contribution in [0.2, 0.25) is 0 Å². The van der Waals surface area contributed by atoms with Crippen molar-refractivity contribution in [1.82, 2.24) is 0 Å². The Morgan fingerprint density at radius 1 is 1.30 bits per heavy atom. The minimum Gasteiger partial charge on any atom is -0.247 e. The lowest BCUT2D eigenvalue weighted by molar-refractivity contribution is 0.222. The van der Waals surface area contributed by atoms with E-state index in [0.29, 0.717) is 6.42 Å². The van der Waals surface area contributed by atoms with E-state index in [1.54, 1.807) is 0 Å². The molecule has 0 aliphatic heterocycles. The molecular formula is C9H19F. The highest BCUT2D eigenvalue weighted by Gasteiger charge is 2.12. The lowest BCUT2D eigenvalue weighted by Gasteiger charge is -2.13. The van der Waals surface area contributed by atoms with Crippen molar-refractivity contribution in [3.63, 3.8) is 0 Å². The van der Waals surface area contributed by atoms with Crippen molar-refractivity contribution >= 4 is 0 Å². The Balaban J connectivity index is 3.31. The number of hydrogen-bond acceptors (Lipinski definition) is 0. The summed E-state index contributed by atoms with van der Waals surface area (Å²) in [5, 5.41) is 0. The number of hydrogen-bond donors (Lipinski definition) is 0. The van der Waals surface area contributed by atoms with Crippen molar-refractivity contribution in [2.75, 3.05) is 0 Å². The number of rotatable bonds is 5. The molecule has 0 amide bonds. The Morgan fingerprint density at radius 3 is 2.30 bits per heavy atom. The Hall–Kier alpha value is -0.0700. The highest BCUT2D eigenvalue weighted by Crippen LogP contribution is 2.17. The molecule has 0 spiro atoms. The van der Waals surface area contributed by atoms with E-state index in [0.717, 1.165) is 6.42 Å². The Labute approximate surface area is 63.8 Å². The van der Waals surface area contributed by atoms with Crippen LogP contribution in [0.3, 0.4) is 0 Å². The van der Waals surface area contributed by atoms with Crippen LogP contribution in [0.15, 0.2) is 0 Å². The van der Waals surface area contributed by atoms with Crippen LogP contribution >= 0.6 is 0 Å². The maximum atomic E-state index is 12.8.